The zero-order valence-electron chi connectivity index (χ0n) is 20.7. The Hall–Kier alpha value is -3.64. The lowest BCUT2D eigenvalue weighted by molar-refractivity contribution is -0.141. The molecule has 3 aromatic carbocycles. The van der Waals surface area contributed by atoms with E-state index in [1.807, 2.05) is 12.1 Å². The van der Waals surface area contributed by atoms with E-state index >= 15 is 0 Å². The fraction of sp³-hybridized carbons (Fsp3) is 0.310. The van der Waals surface area contributed by atoms with E-state index in [4.69, 9.17) is 9.47 Å². The van der Waals surface area contributed by atoms with Gasteiger partial charge in [0.05, 0.1) is 50.4 Å². The molecule has 1 unspecified atom stereocenters. The highest BCUT2D eigenvalue weighted by Crippen LogP contribution is 2.22. The molecule has 0 aliphatic heterocycles. The highest BCUT2D eigenvalue weighted by atomic mass is 16.5. The fourth-order valence-corrected chi connectivity index (χ4v) is 4.36. The van der Waals surface area contributed by atoms with Crippen LogP contribution in [0.1, 0.15) is 34.7 Å². The van der Waals surface area contributed by atoms with Crippen LogP contribution in [0.2, 0.25) is 0 Å². The van der Waals surface area contributed by atoms with Crippen LogP contribution < -0.4 is 5.62 Å². The largest absolute Gasteiger partial charge is 0.469 e. The zero-order chi connectivity index (χ0) is 24.8. The molecule has 1 aromatic heterocycles. The first kappa shape index (κ1) is 24.5. The van der Waals surface area contributed by atoms with Crippen LogP contribution in [-0.4, -0.2) is 35.4 Å². The number of para-hydroxylation sites is 2. The Kier molecular flexibility index (Phi) is 7.83. The zero-order valence-corrected chi connectivity index (χ0v) is 20.7. The Morgan fingerprint density at radius 3 is 2.11 bits per heavy atom. The van der Waals surface area contributed by atoms with Crippen molar-refractivity contribution in [2.45, 2.75) is 39.3 Å². The molecule has 182 valence electrons. The molecule has 0 spiro atoms. The Balaban J connectivity index is 1.70. The average molecular weight is 472 g/mol. The summed E-state index contributed by atoms with van der Waals surface area (Å²) in [5, 5.41) is 9.17. The Bertz CT molecular complexity index is 1330. The number of esters is 1. The number of fused-ring (bicyclic) bond motifs is 1. The highest BCUT2D eigenvalue weighted by Gasteiger charge is 2.20. The van der Waals surface area contributed by atoms with Gasteiger partial charge in [-0.15, -0.1) is 0 Å². The minimum Gasteiger partial charge on any atom is -0.469 e. The first-order valence-corrected chi connectivity index (χ1v) is 12.0. The Morgan fingerprint density at radius 1 is 0.886 bits per heavy atom. The number of imidazole rings is 1. The molecule has 0 aliphatic rings. The third kappa shape index (κ3) is 5.89. The van der Waals surface area contributed by atoms with E-state index < -0.39 is 0 Å². The van der Waals surface area contributed by atoms with Crippen molar-refractivity contribution in [2.75, 3.05) is 20.3 Å². The van der Waals surface area contributed by atoms with Crippen molar-refractivity contribution in [1.29, 1.82) is 5.41 Å². The van der Waals surface area contributed by atoms with Crippen LogP contribution in [-0.2, 0) is 27.2 Å². The van der Waals surface area contributed by atoms with Crippen molar-refractivity contribution in [1.82, 2.24) is 9.13 Å². The topological polar surface area (TPSA) is 69.2 Å². The van der Waals surface area contributed by atoms with E-state index in [-0.39, 0.29) is 25.0 Å². The van der Waals surface area contributed by atoms with Crippen molar-refractivity contribution in [3.63, 3.8) is 0 Å². The molecule has 0 amide bonds. The quantitative estimate of drug-likeness (QED) is 0.263. The van der Waals surface area contributed by atoms with Crippen molar-refractivity contribution < 1.29 is 14.3 Å². The first-order valence-electron chi connectivity index (χ1n) is 12.0. The molecule has 6 heteroatoms. The minimum absolute atomic E-state index is 0.105. The maximum absolute atomic E-state index is 11.5. The van der Waals surface area contributed by atoms with E-state index in [2.05, 4.69) is 83.6 Å². The molecule has 0 saturated heterocycles. The molecule has 1 atom stereocenters. The summed E-state index contributed by atoms with van der Waals surface area (Å²) in [6.45, 7) is 5.45. The molecule has 0 saturated carbocycles. The monoisotopic (exact) mass is 471 g/mol. The van der Waals surface area contributed by atoms with Gasteiger partial charge in [0.2, 0.25) is 5.62 Å². The van der Waals surface area contributed by atoms with Crippen LogP contribution in [0.15, 0.2) is 72.8 Å². The van der Waals surface area contributed by atoms with Gasteiger partial charge in [-0.25, -0.2) is 0 Å². The number of rotatable bonds is 10. The average Bonchev–Trinajstić information content (AvgIpc) is 3.14. The molecule has 1 N–H and O–H groups in total. The summed E-state index contributed by atoms with van der Waals surface area (Å²) in [6.07, 6.45) is 0.926. The molecule has 4 rings (SSSR count). The van der Waals surface area contributed by atoms with Crippen LogP contribution in [0, 0.1) is 19.3 Å². The summed E-state index contributed by atoms with van der Waals surface area (Å²) in [6, 6.07) is 25.0. The highest BCUT2D eigenvalue weighted by molar-refractivity contribution is 5.76. The lowest BCUT2D eigenvalue weighted by Crippen LogP contribution is -2.31. The number of hydrogen-bond acceptors (Lipinski definition) is 4. The van der Waals surface area contributed by atoms with E-state index in [0.717, 1.165) is 16.6 Å². The van der Waals surface area contributed by atoms with Gasteiger partial charge in [-0.2, -0.15) is 0 Å². The molecule has 0 aliphatic carbocycles. The molecular weight excluding hydrogens is 438 g/mol. The summed E-state index contributed by atoms with van der Waals surface area (Å²) in [4.78, 5) is 11.5. The Labute approximate surface area is 206 Å². The maximum Gasteiger partial charge on any atom is 0.307 e. The number of aromatic nitrogens is 2. The number of nitrogens with zero attached hydrogens (tertiary/aromatic N) is 2. The maximum atomic E-state index is 11.5. The molecule has 0 bridgehead atoms. The number of aryl methyl sites for hydroxylation is 2. The molecule has 0 radical (unpaired) electrons. The first-order chi connectivity index (χ1) is 17.0. The van der Waals surface area contributed by atoms with Crippen molar-refractivity contribution in [2.24, 2.45) is 0 Å². The van der Waals surface area contributed by atoms with E-state index in [1.54, 1.807) is 0 Å². The van der Waals surface area contributed by atoms with Gasteiger partial charge in [-0.3, -0.25) is 10.2 Å². The van der Waals surface area contributed by atoms with E-state index in [9.17, 15) is 10.2 Å². The van der Waals surface area contributed by atoms with E-state index in [0.29, 0.717) is 25.2 Å². The fourth-order valence-electron chi connectivity index (χ4n) is 4.36. The summed E-state index contributed by atoms with van der Waals surface area (Å²) in [5.74, 6) is -0.288. The summed E-state index contributed by atoms with van der Waals surface area (Å²) >= 11 is 0. The van der Waals surface area contributed by atoms with Gasteiger partial charge in [-0.1, -0.05) is 71.8 Å². The van der Waals surface area contributed by atoms with Crippen molar-refractivity contribution >= 4 is 17.0 Å². The molecule has 6 nitrogen and oxygen atoms in total. The van der Waals surface area contributed by atoms with Crippen LogP contribution in [0.3, 0.4) is 0 Å². The molecular formula is C29H33N3O3. The van der Waals surface area contributed by atoms with Gasteiger partial charge in [0.25, 0.3) is 0 Å². The lowest BCUT2D eigenvalue weighted by atomic mass is 10.0. The summed E-state index contributed by atoms with van der Waals surface area (Å²) in [7, 11) is 1.38. The summed E-state index contributed by atoms with van der Waals surface area (Å²) in [5.41, 5.74) is 7.21. The van der Waals surface area contributed by atoms with Gasteiger partial charge >= 0.3 is 5.97 Å². The van der Waals surface area contributed by atoms with Gasteiger partial charge in [0, 0.05) is 0 Å². The van der Waals surface area contributed by atoms with Crippen molar-refractivity contribution in [3.8, 4) is 0 Å². The van der Waals surface area contributed by atoms with Crippen molar-refractivity contribution in [3.05, 3.63) is 101 Å². The molecule has 0 fully saturated rings. The predicted molar refractivity (Wildman–Crippen MR) is 137 cm³/mol. The second-order valence-electron chi connectivity index (χ2n) is 9.00. The number of carbonyl (C=O) groups is 1. The van der Waals surface area contributed by atoms with Crippen LogP contribution in [0.25, 0.3) is 11.0 Å². The number of benzene rings is 3. The van der Waals surface area contributed by atoms with Crippen LogP contribution in [0.5, 0.6) is 0 Å². The van der Waals surface area contributed by atoms with Gasteiger partial charge in [0.15, 0.2) is 0 Å². The predicted octanol–water partition coefficient (Wildman–Crippen LogP) is 4.95. The molecule has 1 heterocycles. The smallest absolute Gasteiger partial charge is 0.307 e. The third-order valence-electron chi connectivity index (χ3n) is 6.32. The Morgan fingerprint density at radius 2 is 1.49 bits per heavy atom. The molecule has 35 heavy (non-hydrogen) atoms. The standard InChI is InChI=1S/C29H33N3O3/c1-21-8-12-23(13-9-21)18-25(20-35-17-16-28(33)34-3)32-27-7-5-4-6-26(27)31(29(32)30)19-24-14-10-22(2)11-15-24/h4-15,25,30H,16-20H2,1-3H3. The number of ether oxygens (including phenoxy) is 2. The molecule has 4 aromatic rings. The SMILES string of the molecule is COC(=O)CCOCC(Cc1ccc(C)cc1)n1c(=N)n(Cc2ccc(C)cc2)c2ccccc21. The lowest BCUT2D eigenvalue weighted by Gasteiger charge is -2.20. The number of nitrogens with one attached hydrogen (secondary N) is 1. The van der Waals surface area contributed by atoms with Gasteiger partial charge in [-0.05, 0) is 43.5 Å². The van der Waals surface area contributed by atoms with Gasteiger partial charge in [0.1, 0.15) is 0 Å². The van der Waals surface area contributed by atoms with Crippen LogP contribution >= 0.6 is 0 Å². The van der Waals surface area contributed by atoms with Gasteiger partial charge < -0.3 is 18.6 Å². The third-order valence-corrected chi connectivity index (χ3v) is 6.32. The second kappa shape index (κ2) is 11.2. The second-order valence-corrected chi connectivity index (χ2v) is 9.00. The number of methoxy groups -OCH3 is 1. The number of carbonyl (C=O) groups excluding carboxylic acids is 1. The normalized spacial score (nSPS) is 12.1. The number of hydrogen-bond donors (Lipinski definition) is 1. The van der Waals surface area contributed by atoms with Crippen LogP contribution in [0.4, 0.5) is 0 Å². The summed E-state index contributed by atoms with van der Waals surface area (Å²) < 4.78 is 14.8. The minimum atomic E-state index is -0.288. The van der Waals surface area contributed by atoms with E-state index in [1.165, 1.54) is 23.8 Å².